The zero-order chi connectivity index (χ0) is 11.7. The first-order valence-electron chi connectivity index (χ1n) is 7.29. The predicted molar refractivity (Wildman–Crippen MR) is 67.7 cm³/mol. The summed E-state index contributed by atoms with van der Waals surface area (Å²) < 4.78 is 0. The van der Waals surface area contributed by atoms with Gasteiger partial charge in [0.1, 0.15) is 0 Å². The molecule has 0 unspecified atom stereocenters. The number of carbonyl (C=O) groups excluding carboxylic acids is 1. The number of carbonyl (C=O) groups is 1. The molecule has 1 amide bonds. The Morgan fingerprint density at radius 2 is 1.88 bits per heavy atom. The molecule has 1 aliphatic carbocycles. The van der Waals surface area contributed by atoms with E-state index in [9.17, 15) is 4.79 Å². The first-order chi connectivity index (χ1) is 8.29. The van der Waals surface area contributed by atoms with Gasteiger partial charge in [-0.05, 0) is 32.2 Å². The van der Waals surface area contributed by atoms with Crippen LogP contribution in [-0.4, -0.2) is 37.0 Å². The van der Waals surface area contributed by atoms with E-state index in [1.54, 1.807) is 0 Å². The molecule has 2 heterocycles. The molecule has 0 aromatic heterocycles. The fraction of sp³-hybridized carbons (Fsp3) is 0.929. The number of rotatable bonds is 1. The van der Waals surface area contributed by atoms with Crippen molar-refractivity contribution in [1.29, 1.82) is 0 Å². The van der Waals surface area contributed by atoms with Crippen molar-refractivity contribution in [3.8, 4) is 0 Å². The highest BCUT2D eigenvalue weighted by Gasteiger charge is 2.46. The van der Waals surface area contributed by atoms with E-state index >= 15 is 0 Å². The molecule has 2 saturated heterocycles. The third-order valence-electron chi connectivity index (χ3n) is 4.88. The average Bonchev–Trinajstić information content (AvgIpc) is 2.37. The Morgan fingerprint density at radius 3 is 2.53 bits per heavy atom. The molecule has 3 aliphatic rings. The maximum atomic E-state index is 12.3. The summed E-state index contributed by atoms with van der Waals surface area (Å²) in [5.41, 5.74) is 0.447. The van der Waals surface area contributed by atoms with Crippen LogP contribution in [0.3, 0.4) is 0 Å². The molecule has 17 heavy (non-hydrogen) atoms. The Balaban J connectivity index is 1.52. The lowest BCUT2D eigenvalue weighted by Crippen LogP contribution is -2.64. The second kappa shape index (κ2) is 4.60. The summed E-state index contributed by atoms with van der Waals surface area (Å²) in [7, 11) is 0. The molecule has 0 aromatic rings. The summed E-state index contributed by atoms with van der Waals surface area (Å²) in [5, 5.41) is 3.48. The van der Waals surface area contributed by atoms with Gasteiger partial charge in [0.25, 0.3) is 0 Å². The van der Waals surface area contributed by atoms with Gasteiger partial charge in [-0.1, -0.05) is 19.3 Å². The summed E-state index contributed by atoms with van der Waals surface area (Å²) >= 11 is 0. The van der Waals surface area contributed by atoms with E-state index < -0.39 is 0 Å². The van der Waals surface area contributed by atoms with Crippen molar-refractivity contribution in [2.24, 2.45) is 11.3 Å². The molecule has 2 aliphatic heterocycles. The third kappa shape index (κ3) is 2.22. The van der Waals surface area contributed by atoms with Crippen LogP contribution in [0.5, 0.6) is 0 Å². The van der Waals surface area contributed by atoms with Crippen LogP contribution in [-0.2, 0) is 4.79 Å². The summed E-state index contributed by atoms with van der Waals surface area (Å²) in [5.74, 6) is 0.818. The molecule has 3 fully saturated rings. The summed E-state index contributed by atoms with van der Waals surface area (Å²) in [6.45, 7) is 4.34. The molecule has 3 nitrogen and oxygen atoms in total. The average molecular weight is 236 g/mol. The van der Waals surface area contributed by atoms with Crippen LogP contribution in [0.25, 0.3) is 0 Å². The number of piperidine rings is 1. The Bertz CT molecular complexity index is 283. The van der Waals surface area contributed by atoms with E-state index in [-0.39, 0.29) is 0 Å². The number of amides is 1. The van der Waals surface area contributed by atoms with Crippen LogP contribution in [0.1, 0.15) is 44.9 Å². The molecular weight excluding hydrogens is 212 g/mol. The van der Waals surface area contributed by atoms with Gasteiger partial charge in [0, 0.05) is 31.0 Å². The zero-order valence-electron chi connectivity index (χ0n) is 10.7. The molecule has 0 bridgehead atoms. The third-order valence-corrected chi connectivity index (χ3v) is 4.88. The molecule has 0 atom stereocenters. The van der Waals surface area contributed by atoms with E-state index in [0.717, 1.165) is 32.5 Å². The second-order valence-electron chi connectivity index (χ2n) is 6.31. The Hall–Kier alpha value is -0.570. The van der Waals surface area contributed by atoms with Crippen LogP contribution in [0.2, 0.25) is 0 Å². The minimum Gasteiger partial charge on any atom is -0.341 e. The van der Waals surface area contributed by atoms with Crippen LogP contribution in [0.15, 0.2) is 0 Å². The molecule has 3 rings (SSSR count). The summed E-state index contributed by atoms with van der Waals surface area (Å²) in [6.07, 6.45) is 8.73. The highest BCUT2D eigenvalue weighted by atomic mass is 16.2. The van der Waals surface area contributed by atoms with Crippen molar-refractivity contribution in [2.75, 3.05) is 26.2 Å². The van der Waals surface area contributed by atoms with Gasteiger partial charge in [-0.2, -0.15) is 0 Å². The Morgan fingerprint density at radius 1 is 1.12 bits per heavy atom. The minimum absolute atomic E-state index is 0.359. The van der Waals surface area contributed by atoms with Gasteiger partial charge in [0.05, 0.1) is 0 Å². The van der Waals surface area contributed by atoms with Gasteiger partial charge in [-0.15, -0.1) is 0 Å². The monoisotopic (exact) mass is 236 g/mol. The van der Waals surface area contributed by atoms with Crippen molar-refractivity contribution in [3.05, 3.63) is 0 Å². The minimum atomic E-state index is 0.359. The van der Waals surface area contributed by atoms with Gasteiger partial charge < -0.3 is 10.2 Å². The molecule has 0 aromatic carbocycles. The number of nitrogens with zero attached hydrogens (tertiary/aromatic N) is 1. The van der Waals surface area contributed by atoms with Crippen molar-refractivity contribution >= 4 is 5.91 Å². The highest BCUT2D eigenvalue weighted by Crippen LogP contribution is 2.38. The van der Waals surface area contributed by atoms with E-state index in [0.29, 0.717) is 17.2 Å². The fourth-order valence-electron chi connectivity index (χ4n) is 3.83. The number of nitrogens with one attached hydrogen (secondary N) is 1. The van der Waals surface area contributed by atoms with Gasteiger partial charge in [0.2, 0.25) is 5.91 Å². The normalized spacial score (nSPS) is 29.1. The number of hydrogen-bond donors (Lipinski definition) is 1. The molecule has 1 N–H and O–H groups in total. The Labute approximate surface area is 104 Å². The van der Waals surface area contributed by atoms with E-state index in [2.05, 4.69) is 10.2 Å². The van der Waals surface area contributed by atoms with Crippen LogP contribution < -0.4 is 5.32 Å². The van der Waals surface area contributed by atoms with Gasteiger partial charge in [-0.3, -0.25) is 4.79 Å². The summed E-state index contributed by atoms with van der Waals surface area (Å²) in [4.78, 5) is 14.4. The molecule has 1 spiro atoms. The lowest BCUT2D eigenvalue weighted by molar-refractivity contribution is -0.150. The van der Waals surface area contributed by atoms with Gasteiger partial charge in [0.15, 0.2) is 0 Å². The lowest BCUT2D eigenvalue weighted by Gasteiger charge is -2.53. The maximum absolute atomic E-state index is 12.3. The second-order valence-corrected chi connectivity index (χ2v) is 6.31. The Kier molecular flexibility index (Phi) is 3.12. The van der Waals surface area contributed by atoms with Crippen LogP contribution >= 0.6 is 0 Å². The number of likely N-dealkylation sites (tertiary alicyclic amines) is 1. The largest absolute Gasteiger partial charge is 0.341 e. The van der Waals surface area contributed by atoms with Crippen LogP contribution in [0.4, 0.5) is 0 Å². The molecule has 1 saturated carbocycles. The van der Waals surface area contributed by atoms with Gasteiger partial charge in [-0.25, -0.2) is 0 Å². The first-order valence-corrected chi connectivity index (χ1v) is 7.29. The molecule has 3 heteroatoms. The molecular formula is C14H24N2O. The SMILES string of the molecule is O=C(C1CCCCC1)N1CC2(CCCNC2)C1. The topological polar surface area (TPSA) is 32.3 Å². The van der Waals surface area contributed by atoms with E-state index in [1.807, 2.05) is 0 Å². The van der Waals surface area contributed by atoms with E-state index in [1.165, 1.54) is 38.6 Å². The smallest absolute Gasteiger partial charge is 0.225 e. The standard InChI is InChI=1S/C14H24N2O/c17-13(12-5-2-1-3-6-12)16-10-14(11-16)7-4-8-15-9-14/h12,15H,1-11H2. The number of hydrogen-bond acceptors (Lipinski definition) is 2. The highest BCUT2D eigenvalue weighted by molar-refractivity contribution is 5.80. The molecule has 96 valence electrons. The van der Waals surface area contributed by atoms with Crippen molar-refractivity contribution < 1.29 is 4.79 Å². The first kappa shape index (κ1) is 11.5. The van der Waals surface area contributed by atoms with Crippen LogP contribution in [0, 0.1) is 11.3 Å². The lowest BCUT2D eigenvalue weighted by atomic mass is 9.73. The van der Waals surface area contributed by atoms with Crippen molar-refractivity contribution in [1.82, 2.24) is 10.2 Å². The fourth-order valence-corrected chi connectivity index (χ4v) is 3.83. The van der Waals surface area contributed by atoms with Crippen molar-refractivity contribution in [3.63, 3.8) is 0 Å². The summed E-state index contributed by atoms with van der Waals surface area (Å²) in [6, 6.07) is 0. The van der Waals surface area contributed by atoms with Gasteiger partial charge >= 0.3 is 0 Å². The van der Waals surface area contributed by atoms with E-state index in [4.69, 9.17) is 0 Å². The quantitative estimate of drug-likeness (QED) is 0.752. The zero-order valence-corrected chi connectivity index (χ0v) is 10.7. The maximum Gasteiger partial charge on any atom is 0.225 e. The predicted octanol–water partition coefficient (Wildman–Crippen LogP) is 1.78. The van der Waals surface area contributed by atoms with Crippen molar-refractivity contribution in [2.45, 2.75) is 44.9 Å². The molecule has 0 radical (unpaired) electrons.